The van der Waals surface area contributed by atoms with Crippen molar-refractivity contribution in [3.05, 3.63) is 64.6 Å². The number of ether oxygens (including phenoxy) is 1. The van der Waals surface area contributed by atoms with Crippen LogP contribution in [0.1, 0.15) is 24.3 Å². The van der Waals surface area contributed by atoms with Crippen LogP contribution in [0, 0.1) is 5.92 Å². The van der Waals surface area contributed by atoms with Crippen LogP contribution in [-0.4, -0.2) is 59.1 Å². The molecule has 4 aliphatic rings. The Morgan fingerprint density at radius 1 is 1.10 bits per heavy atom. The topological polar surface area (TPSA) is 54.8 Å². The molecular weight excluding hydrogens is 366 g/mol. The lowest BCUT2D eigenvalue weighted by atomic mass is 9.75. The van der Waals surface area contributed by atoms with E-state index >= 15 is 0 Å². The smallest absolute Gasteiger partial charge is 0.250 e. The zero-order chi connectivity index (χ0) is 20.0. The normalized spacial score (nSPS) is 30.2. The van der Waals surface area contributed by atoms with E-state index in [9.17, 15) is 9.59 Å². The average molecular weight is 393 g/mol. The molecule has 6 nitrogen and oxygen atoms in total. The van der Waals surface area contributed by atoms with Crippen molar-refractivity contribution in [3.63, 3.8) is 0 Å². The Hall–Kier alpha value is -2.60. The minimum absolute atomic E-state index is 0.0486. The first-order chi connectivity index (χ1) is 14.2. The highest BCUT2D eigenvalue weighted by atomic mass is 16.5. The standard InChI is InChI=1S/C23H27N3O3/c1-29-18-6-4-5-17(13-18)19-14-26(21(28)15-25-10-3-2-7-20(25)27)22-16-8-11-24(12-9-16)23(19)22/h2-7,10,13,16,19,22-23H,8-9,11-12,14-15H2,1H3/t19-,22-,23-/m0/s1. The van der Waals surface area contributed by atoms with Crippen LogP contribution < -0.4 is 10.3 Å². The van der Waals surface area contributed by atoms with Gasteiger partial charge in [-0.2, -0.15) is 0 Å². The maximum absolute atomic E-state index is 13.3. The van der Waals surface area contributed by atoms with Crippen LogP contribution in [-0.2, 0) is 11.3 Å². The van der Waals surface area contributed by atoms with Gasteiger partial charge < -0.3 is 14.2 Å². The third-order valence-electron chi connectivity index (χ3n) is 7.04. The fourth-order valence-corrected chi connectivity index (χ4v) is 5.70. The van der Waals surface area contributed by atoms with Crippen molar-refractivity contribution < 1.29 is 9.53 Å². The summed E-state index contributed by atoms with van der Waals surface area (Å²) < 4.78 is 6.96. The van der Waals surface area contributed by atoms with E-state index in [1.807, 2.05) is 12.1 Å². The van der Waals surface area contributed by atoms with Gasteiger partial charge in [-0.05, 0) is 55.6 Å². The number of rotatable bonds is 4. The molecule has 2 aromatic rings. The van der Waals surface area contributed by atoms with Crippen molar-refractivity contribution in [3.8, 4) is 5.75 Å². The number of carbonyl (C=O) groups excluding carboxylic acids is 1. The number of benzene rings is 1. The second-order valence-electron chi connectivity index (χ2n) is 8.45. The number of nitrogens with zero attached hydrogens (tertiary/aromatic N) is 3. The molecular formula is C23H27N3O3. The molecule has 5 heterocycles. The summed E-state index contributed by atoms with van der Waals surface area (Å²) in [6.45, 7) is 3.05. The fourth-order valence-electron chi connectivity index (χ4n) is 5.70. The Balaban J connectivity index is 1.47. The van der Waals surface area contributed by atoms with Crippen LogP contribution in [0.15, 0.2) is 53.5 Å². The summed E-state index contributed by atoms with van der Waals surface area (Å²) in [4.78, 5) is 30.1. The molecule has 3 atom stereocenters. The van der Waals surface area contributed by atoms with E-state index in [0.29, 0.717) is 18.5 Å². The van der Waals surface area contributed by atoms with Gasteiger partial charge in [0.15, 0.2) is 0 Å². The molecule has 29 heavy (non-hydrogen) atoms. The third-order valence-corrected chi connectivity index (χ3v) is 7.04. The first-order valence-corrected chi connectivity index (χ1v) is 10.5. The SMILES string of the molecule is COc1cccc([C@@H]2CN(C(=O)Cn3ccccc3=O)[C@H]3C4CCN(CC4)[C@@H]23)c1. The molecule has 0 aliphatic carbocycles. The van der Waals surface area contributed by atoms with Gasteiger partial charge >= 0.3 is 0 Å². The van der Waals surface area contributed by atoms with Crippen molar-refractivity contribution in [1.29, 1.82) is 0 Å². The van der Waals surface area contributed by atoms with Gasteiger partial charge in [-0.1, -0.05) is 18.2 Å². The van der Waals surface area contributed by atoms with Crippen LogP contribution in [0.2, 0.25) is 0 Å². The summed E-state index contributed by atoms with van der Waals surface area (Å²) in [5.74, 6) is 1.73. The predicted molar refractivity (Wildman–Crippen MR) is 110 cm³/mol. The number of piperidine rings is 3. The zero-order valence-corrected chi connectivity index (χ0v) is 16.7. The van der Waals surface area contributed by atoms with E-state index in [1.54, 1.807) is 25.4 Å². The molecule has 0 spiro atoms. The molecule has 0 saturated carbocycles. The Morgan fingerprint density at radius 3 is 2.69 bits per heavy atom. The molecule has 1 amide bonds. The number of hydrogen-bond donors (Lipinski definition) is 0. The van der Waals surface area contributed by atoms with Gasteiger partial charge in [-0.15, -0.1) is 0 Å². The molecule has 0 radical (unpaired) electrons. The molecule has 6 rings (SSSR count). The number of pyridine rings is 1. The number of methoxy groups -OCH3 is 1. The molecule has 4 fully saturated rings. The third kappa shape index (κ3) is 3.15. The maximum Gasteiger partial charge on any atom is 0.250 e. The van der Waals surface area contributed by atoms with Crippen LogP contribution in [0.5, 0.6) is 5.75 Å². The average Bonchev–Trinajstić information content (AvgIpc) is 3.19. The van der Waals surface area contributed by atoms with Crippen LogP contribution in [0.3, 0.4) is 0 Å². The van der Waals surface area contributed by atoms with Crippen LogP contribution in [0.4, 0.5) is 0 Å². The van der Waals surface area contributed by atoms with E-state index in [0.717, 1.165) is 31.7 Å². The number of amides is 1. The molecule has 4 saturated heterocycles. The second-order valence-corrected chi connectivity index (χ2v) is 8.45. The van der Waals surface area contributed by atoms with Gasteiger partial charge in [-0.3, -0.25) is 14.5 Å². The number of fused-ring (bicyclic) bond motifs is 2. The van der Waals surface area contributed by atoms with E-state index in [1.165, 1.54) is 16.2 Å². The van der Waals surface area contributed by atoms with E-state index in [2.05, 4.69) is 21.9 Å². The van der Waals surface area contributed by atoms with Crippen LogP contribution in [0.25, 0.3) is 0 Å². The first kappa shape index (κ1) is 18.4. The van der Waals surface area contributed by atoms with Gasteiger partial charge in [-0.25, -0.2) is 0 Å². The second kappa shape index (κ2) is 7.34. The molecule has 152 valence electrons. The highest BCUT2D eigenvalue weighted by molar-refractivity contribution is 5.77. The predicted octanol–water partition coefficient (Wildman–Crippen LogP) is 1.95. The summed E-state index contributed by atoms with van der Waals surface area (Å²) in [7, 11) is 1.69. The van der Waals surface area contributed by atoms with Gasteiger partial charge in [0.25, 0.3) is 5.56 Å². The Kier molecular flexibility index (Phi) is 4.66. The van der Waals surface area contributed by atoms with Crippen molar-refractivity contribution in [2.24, 2.45) is 5.92 Å². The van der Waals surface area contributed by atoms with Crippen LogP contribution >= 0.6 is 0 Å². The van der Waals surface area contributed by atoms with Crippen molar-refractivity contribution >= 4 is 5.91 Å². The highest BCUT2D eigenvalue weighted by Gasteiger charge is 2.54. The quantitative estimate of drug-likeness (QED) is 0.797. The molecule has 1 aromatic heterocycles. The molecule has 2 bridgehead atoms. The largest absolute Gasteiger partial charge is 0.497 e. The van der Waals surface area contributed by atoms with Crippen molar-refractivity contribution in [1.82, 2.24) is 14.4 Å². The lowest BCUT2D eigenvalue weighted by molar-refractivity contribution is -0.136. The molecule has 1 aromatic carbocycles. The van der Waals surface area contributed by atoms with Gasteiger partial charge in [0.2, 0.25) is 5.91 Å². The highest BCUT2D eigenvalue weighted by Crippen LogP contribution is 2.46. The molecule has 0 N–H and O–H groups in total. The number of carbonyl (C=O) groups is 1. The maximum atomic E-state index is 13.3. The summed E-state index contributed by atoms with van der Waals surface area (Å²) >= 11 is 0. The minimum Gasteiger partial charge on any atom is -0.497 e. The number of aromatic nitrogens is 1. The first-order valence-electron chi connectivity index (χ1n) is 10.5. The Bertz CT molecular complexity index is 964. The van der Waals surface area contributed by atoms with Gasteiger partial charge in [0, 0.05) is 30.8 Å². The fraction of sp³-hybridized carbons (Fsp3) is 0.478. The van der Waals surface area contributed by atoms with E-state index in [-0.39, 0.29) is 30.0 Å². The van der Waals surface area contributed by atoms with Crippen molar-refractivity contribution in [2.75, 3.05) is 26.7 Å². The molecule has 6 heteroatoms. The molecule has 4 aliphatic heterocycles. The van der Waals surface area contributed by atoms with E-state index in [4.69, 9.17) is 4.74 Å². The monoisotopic (exact) mass is 393 g/mol. The summed E-state index contributed by atoms with van der Waals surface area (Å²) in [5, 5.41) is 0. The number of hydrogen-bond acceptors (Lipinski definition) is 4. The Morgan fingerprint density at radius 2 is 1.93 bits per heavy atom. The minimum atomic E-state index is -0.130. The Labute approximate surface area is 170 Å². The summed E-state index contributed by atoms with van der Waals surface area (Å²) in [6, 6.07) is 13.9. The van der Waals surface area contributed by atoms with E-state index < -0.39 is 0 Å². The summed E-state index contributed by atoms with van der Waals surface area (Å²) in [5.41, 5.74) is 1.11. The zero-order valence-electron chi connectivity index (χ0n) is 16.7. The van der Waals surface area contributed by atoms with Crippen molar-refractivity contribution in [2.45, 2.75) is 37.4 Å². The molecule has 0 unspecified atom stereocenters. The summed E-state index contributed by atoms with van der Waals surface area (Å²) in [6.07, 6.45) is 4.01. The number of likely N-dealkylation sites (tertiary alicyclic amines) is 1. The lowest BCUT2D eigenvalue weighted by Crippen LogP contribution is -2.61. The lowest BCUT2D eigenvalue weighted by Gasteiger charge is -2.51. The van der Waals surface area contributed by atoms with Gasteiger partial charge in [0.1, 0.15) is 12.3 Å². The van der Waals surface area contributed by atoms with Gasteiger partial charge in [0.05, 0.1) is 13.2 Å².